The number of hydrogen-bond acceptors (Lipinski definition) is 5. The van der Waals surface area contributed by atoms with E-state index in [9.17, 15) is 15.0 Å². The van der Waals surface area contributed by atoms with E-state index in [0.717, 1.165) is 0 Å². The number of ketones is 1. The second-order valence-electron chi connectivity index (χ2n) is 4.92. The van der Waals surface area contributed by atoms with E-state index >= 15 is 0 Å². The van der Waals surface area contributed by atoms with Crippen molar-refractivity contribution in [1.29, 1.82) is 0 Å². The van der Waals surface area contributed by atoms with E-state index in [0.29, 0.717) is 22.6 Å². The van der Waals surface area contributed by atoms with Crippen LogP contribution in [0.25, 0.3) is 12.2 Å². The van der Waals surface area contributed by atoms with Gasteiger partial charge in [0.25, 0.3) is 0 Å². The SMILES string of the molecule is COc1ccc(O)cc1/C=C/C(=O)/C=C/c1cc(O)ccc1OC.II. The molecule has 0 saturated carbocycles. The molecule has 2 aromatic rings. The van der Waals surface area contributed by atoms with Crippen LogP contribution in [-0.4, -0.2) is 30.2 Å². The fourth-order valence-corrected chi connectivity index (χ4v) is 2.10. The first-order valence-corrected chi connectivity index (χ1v) is 13.6. The minimum atomic E-state index is -0.259. The summed E-state index contributed by atoms with van der Waals surface area (Å²) in [5.41, 5.74) is 1.18. The smallest absolute Gasteiger partial charge is 0.178 e. The van der Waals surface area contributed by atoms with Crippen LogP contribution in [0.3, 0.4) is 0 Å². The van der Waals surface area contributed by atoms with Gasteiger partial charge in [-0.15, -0.1) is 0 Å². The molecule has 0 aliphatic heterocycles. The zero-order valence-corrected chi connectivity index (χ0v) is 18.5. The molecule has 0 bridgehead atoms. The molecule has 2 N–H and O–H groups in total. The lowest BCUT2D eigenvalue weighted by Crippen LogP contribution is -1.90. The van der Waals surface area contributed by atoms with Gasteiger partial charge in [-0.1, -0.05) is 0 Å². The summed E-state index contributed by atoms with van der Waals surface area (Å²) in [7, 11) is 3.03. The molecule has 0 fully saturated rings. The van der Waals surface area contributed by atoms with Crippen LogP contribution in [0.1, 0.15) is 11.1 Å². The summed E-state index contributed by atoms with van der Waals surface area (Å²) in [6, 6.07) is 9.26. The average Bonchev–Trinajstić information content (AvgIpc) is 2.66. The Balaban J connectivity index is 0.00000163. The van der Waals surface area contributed by atoms with Gasteiger partial charge in [0, 0.05) is 48.4 Å². The zero-order chi connectivity index (χ0) is 19.5. The molecule has 7 heteroatoms. The summed E-state index contributed by atoms with van der Waals surface area (Å²) in [4.78, 5) is 12.0. The van der Waals surface area contributed by atoms with Crippen LogP contribution in [0.2, 0.25) is 0 Å². The third-order valence-corrected chi connectivity index (χ3v) is 3.28. The molecule has 0 radical (unpaired) electrons. The molecule has 0 saturated heterocycles. The number of aromatic hydroxyl groups is 2. The maximum Gasteiger partial charge on any atom is 0.178 e. The Morgan fingerprint density at radius 1 is 0.846 bits per heavy atom. The number of hydrogen-bond donors (Lipinski definition) is 2. The molecule has 0 aromatic heterocycles. The normalized spacial score (nSPS) is 10.5. The third-order valence-electron chi connectivity index (χ3n) is 3.28. The van der Waals surface area contributed by atoms with Gasteiger partial charge in [-0.25, -0.2) is 0 Å². The van der Waals surface area contributed by atoms with Crippen molar-refractivity contribution >= 4 is 55.2 Å². The number of methoxy groups -OCH3 is 2. The summed E-state index contributed by atoms with van der Waals surface area (Å²) in [6.07, 6.45) is 5.85. The maximum atomic E-state index is 12.0. The van der Waals surface area contributed by atoms with E-state index in [-0.39, 0.29) is 17.3 Å². The Labute approximate surface area is 175 Å². The Morgan fingerprint density at radius 3 is 1.58 bits per heavy atom. The van der Waals surface area contributed by atoms with Gasteiger partial charge < -0.3 is 19.7 Å². The van der Waals surface area contributed by atoms with Crippen LogP contribution in [0.5, 0.6) is 23.0 Å². The second kappa shape index (κ2) is 11.8. The molecule has 0 atom stereocenters. The quantitative estimate of drug-likeness (QED) is 0.364. The Hall–Kier alpha value is -1.75. The molecule has 26 heavy (non-hydrogen) atoms. The second-order valence-corrected chi connectivity index (χ2v) is 4.92. The first-order chi connectivity index (χ1) is 12.5. The predicted octanol–water partition coefficient (Wildman–Crippen LogP) is 5.18. The van der Waals surface area contributed by atoms with Gasteiger partial charge in [0.05, 0.1) is 14.2 Å². The molecule has 2 aromatic carbocycles. The van der Waals surface area contributed by atoms with Crippen molar-refractivity contribution in [3.63, 3.8) is 0 Å². The monoisotopic (exact) mass is 580 g/mol. The summed E-state index contributed by atoms with van der Waals surface area (Å²) < 4.78 is 10.3. The zero-order valence-electron chi connectivity index (χ0n) is 14.1. The molecule has 0 aliphatic carbocycles. The number of rotatable bonds is 6. The first kappa shape index (κ1) is 22.3. The Morgan fingerprint density at radius 2 is 1.23 bits per heavy atom. The number of phenols is 2. The highest BCUT2D eigenvalue weighted by Crippen LogP contribution is 2.25. The van der Waals surface area contributed by atoms with Crippen molar-refractivity contribution in [2.45, 2.75) is 0 Å². The lowest BCUT2D eigenvalue weighted by atomic mass is 10.1. The van der Waals surface area contributed by atoms with Gasteiger partial charge >= 0.3 is 0 Å². The largest absolute Gasteiger partial charge is 0.508 e. The third kappa shape index (κ3) is 6.87. The number of halogens is 2. The van der Waals surface area contributed by atoms with Crippen LogP contribution >= 0.6 is 37.2 Å². The van der Waals surface area contributed by atoms with E-state index < -0.39 is 0 Å². The van der Waals surface area contributed by atoms with E-state index in [1.807, 2.05) is 0 Å². The van der Waals surface area contributed by atoms with Crippen LogP contribution in [0.15, 0.2) is 48.6 Å². The standard InChI is InChI=1S/C19H18O5.I2/c1-23-18-9-7-16(21)11-13(18)3-5-15(20)6-4-14-12-17(22)8-10-19(14)24-2;1-2/h3-12,21-22H,1-2H3;/b5-3+,6-4+;. The minimum absolute atomic E-state index is 0.0861. The summed E-state index contributed by atoms with van der Waals surface area (Å²) in [5, 5.41) is 19.0. The fourth-order valence-electron chi connectivity index (χ4n) is 2.10. The van der Waals surface area contributed by atoms with Crippen LogP contribution in [0, 0.1) is 0 Å². The summed E-state index contributed by atoms with van der Waals surface area (Å²) in [5.74, 6) is 1.02. The molecular weight excluding hydrogens is 562 g/mol. The van der Waals surface area contributed by atoms with E-state index in [1.54, 1.807) is 24.3 Å². The Bertz CT molecular complexity index is 735. The number of phenolic OH excluding ortho intramolecular Hbond substituents is 2. The van der Waals surface area contributed by atoms with Crippen molar-refractivity contribution in [2.75, 3.05) is 14.2 Å². The lowest BCUT2D eigenvalue weighted by Gasteiger charge is -2.05. The van der Waals surface area contributed by atoms with E-state index in [1.165, 1.54) is 50.6 Å². The van der Waals surface area contributed by atoms with Gasteiger partial charge in [-0.05, 0) is 60.7 Å². The lowest BCUT2D eigenvalue weighted by molar-refractivity contribution is -0.110. The van der Waals surface area contributed by atoms with Crippen molar-refractivity contribution in [1.82, 2.24) is 0 Å². The van der Waals surface area contributed by atoms with Crippen LogP contribution in [0.4, 0.5) is 0 Å². The maximum absolute atomic E-state index is 12.0. The van der Waals surface area contributed by atoms with Crippen molar-refractivity contribution in [2.24, 2.45) is 0 Å². The molecule has 0 aliphatic rings. The molecule has 5 nitrogen and oxygen atoms in total. The predicted molar refractivity (Wildman–Crippen MR) is 120 cm³/mol. The van der Waals surface area contributed by atoms with Crippen molar-refractivity contribution in [3.8, 4) is 23.0 Å². The molecule has 0 spiro atoms. The van der Waals surface area contributed by atoms with Gasteiger partial charge in [0.15, 0.2) is 5.78 Å². The van der Waals surface area contributed by atoms with E-state index in [4.69, 9.17) is 9.47 Å². The van der Waals surface area contributed by atoms with Crippen LogP contribution in [-0.2, 0) is 4.79 Å². The number of benzene rings is 2. The molecule has 2 rings (SSSR count). The minimum Gasteiger partial charge on any atom is -0.508 e. The van der Waals surface area contributed by atoms with Gasteiger partial charge in [0.1, 0.15) is 23.0 Å². The molecule has 0 heterocycles. The topological polar surface area (TPSA) is 76.0 Å². The number of carbonyl (C=O) groups excluding carboxylic acids is 1. The average molecular weight is 580 g/mol. The van der Waals surface area contributed by atoms with Crippen LogP contribution < -0.4 is 9.47 Å². The Kier molecular flexibility index (Phi) is 10.1. The highest BCUT2D eigenvalue weighted by Gasteiger charge is 2.03. The fraction of sp³-hybridized carbons (Fsp3) is 0.105. The van der Waals surface area contributed by atoms with Gasteiger partial charge in [-0.2, -0.15) is 0 Å². The summed E-state index contributed by atoms with van der Waals surface area (Å²) in [6.45, 7) is 0. The molecular formula is C19H18I2O5. The molecule has 0 amide bonds. The number of allylic oxidation sites excluding steroid dienone is 2. The van der Waals surface area contributed by atoms with Crippen molar-refractivity contribution < 1.29 is 24.5 Å². The van der Waals surface area contributed by atoms with E-state index in [2.05, 4.69) is 37.2 Å². The first-order valence-electron chi connectivity index (χ1n) is 7.32. The highest BCUT2D eigenvalue weighted by molar-refractivity contribution is 15.0. The summed E-state index contributed by atoms with van der Waals surface area (Å²) >= 11 is 4.24. The van der Waals surface area contributed by atoms with Gasteiger partial charge in [-0.3, -0.25) is 4.79 Å². The molecule has 138 valence electrons. The molecule has 0 unspecified atom stereocenters. The number of carbonyl (C=O) groups is 1. The number of ether oxygens (including phenoxy) is 2. The van der Waals surface area contributed by atoms with Crippen molar-refractivity contribution in [3.05, 3.63) is 59.7 Å². The van der Waals surface area contributed by atoms with Gasteiger partial charge in [0.2, 0.25) is 0 Å². The highest BCUT2D eigenvalue weighted by atomic mass is 128.